The number of carbonyl (C=O) groups excluding carboxylic acids is 2. The molecular weight excluding hydrogens is 284 g/mol. The highest BCUT2D eigenvalue weighted by Gasteiger charge is 2.14. The highest BCUT2D eigenvalue weighted by atomic mass is 16.5. The maximum absolute atomic E-state index is 11.9. The predicted octanol–water partition coefficient (Wildman–Crippen LogP) is 1.16. The highest BCUT2D eigenvalue weighted by Crippen LogP contribution is 2.17. The Hall–Kier alpha value is -2.31. The topological polar surface area (TPSA) is 83.6 Å². The van der Waals surface area contributed by atoms with E-state index in [-0.39, 0.29) is 5.91 Å². The van der Waals surface area contributed by atoms with E-state index in [1.54, 1.807) is 19.2 Å². The Morgan fingerprint density at radius 2 is 1.95 bits per heavy atom. The van der Waals surface area contributed by atoms with Gasteiger partial charge in [-0.25, -0.2) is 9.78 Å². The molecule has 0 unspecified atom stereocenters. The molecule has 120 valence electrons. The fourth-order valence-electron chi connectivity index (χ4n) is 2.28. The number of amides is 2. The van der Waals surface area contributed by atoms with Crippen LogP contribution in [0.1, 0.15) is 30.1 Å². The average Bonchev–Trinajstić information content (AvgIpc) is 3.06. The lowest BCUT2D eigenvalue weighted by Gasteiger charge is -2.16. The summed E-state index contributed by atoms with van der Waals surface area (Å²) in [6, 6.07) is 3.64. The number of nitrogens with zero attached hydrogens (tertiary/aromatic N) is 2. The first kappa shape index (κ1) is 16.1. The molecule has 22 heavy (non-hydrogen) atoms. The summed E-state index contributed by atoms with van der Waals surface area (Å²) >= 11 is 0. The summed E-state index contributed by atoms with van der Waals surface area (Å²) in [4.78, 5) is 29.6. The molecule has 1 aromatic rings. The zero-order valence-electron chi connectivity index (χ0n) is 12.8. The van der Waals surface area contributed by atoms with Crippen molar-refractivity contribution in [2.75, 3.05) is 37.7 Å². The van der Waals surface area contributed by atoms with Crippen molar-refractivity contribution in [3.05, 3.63) is 23.9 Å². The van der Waals surface area contributed by atoms with E-state index in [4.69, 9.17) is 4.74 Å². The van der Waals surface area contributed by atoms with Crippen LogP contribution in [0.3, 0.4) is 0 Å². The Balaban J connectivity index is 1.74. The van der Waals surface area contributed by atoms with E-state index in [0.29, 0.717) is 25.3 Å². The lowest BCUT2D eigenvalue weighted by Crippen LogP contribution is -2.35. The van der Waals surface area contributed by atoms with Crippen LogP contribution in [0.15, 0.2) is 18.3 Å². The minimum absolute atomic E-state index is 0.203. The Kier molecular flexibility index (Phi) is 6.00. The van der Waals surface area contributed by atoms with E-state index in [1.165, 1.54) is 12.8 Å². The van der Waals surface area contributed by atoms with E-state index in [2.05, 4.69) is 20.5 Å². The first-order valence-electron chi connectivity index (χ1n) is 7.60. The lowest BCUT2D eigenvalue weighted by atomic mass is 10.2. The van der Waals surface area contributed by atoms with Crippen molar-refractivity contribution in [2.24, 2.45) is 0 Å². The molecule has 0 radical (unpaired) electrons. The van der Waals surface area contributed by atoms with Crippen molar-refractivity contribution in [1.29, 1.82) is 0 Å². The number of hydrogen-bond acceptors (Lipinski definition) is 5. The zero-order chi connectivity index (χ0) is 15.8. The summed E-state index contributed by atoms with van der Waals surface area (Å²) in [5, 5.41) is 5.26. The van der Waals surface area contributed by atoms with Gasteiger partial charge >= 0.3 is 6.09 Å². The van der Waals surface area contributed by atoms with Crippen molar-refractivity contribution in [1.82, 2.24) is 15.6 Å². The molecule has 7 nitrogen and oxygen atoms in total. The van der Waals surface area contributed by atoms with Gasteiger partial charge in [0.2, 0.25) is 0 Å². The Morgan fingerprint density at radius 3 is 2.59 bits per heavy atom. The van der Waals surface area contributed by atoms with Crippen LogP contribution in [0.25, 0.3) is 0 Å². The van der Waals surface area contributed by atoms with Gasteiger partial charge in [-0.05, 0) is 31.9 Å². The number of ether oxygens (including phenoxy) is 1. The molecule has 1 aliphatic heterocycles. The zero-order valence-corrected chi connectivity index (χ0v) is 12.8. The smallest absolute Gasteiger partial charge is 0.407 e. The normalized spacial score (nSPS) is 13.8. The minimum Gasteiger partial charge on any atom is -0.450 e. The Labute approximate surface area is 130 Å². The van der Waals surface area contributed by atoms with Crippen molar-refractivity contribution < 1.29 is 14.3 Å². The van der Waals surface area contributed by atoms with Crippen LogP contribution in [0.2, 0.25) is 0 Å². The van der Waals surface area contributed by atoms with Crippen LogP contribution < -0.4 is 15.5 Å². The van der Waals surface area contributed by atoms with Crippen LogP contribution in [0.5, 0.6) is 0 Å². The molecule has 0 aliphatic carbocycles. The molecule has 0 aromatic carbocycles. The van der Waals surface area contributed by atoms with Gasteiger partial charge in [-0.3, -0.25) is 4.79 Å². The number of hydrogen-bond donors (Lipinski definition) is 2. The van der Waals surface area contributed by atoms with E-state index in [9.17, 15) is 9.59 Å². The van der Waals surface area contributed by atoms with Gasteiger partial charge in [0.05, 0.1) is 12.2 Å². The first-order chi connectivity index (χ1) is 10.7. The summed E-state index contributed by atoms with van der Waals surface area (Å²) in [6.07, 6.45) is 3.49. The van der Waals surface area contributed by atoms with E-state index < -0.39 is 6.09 Å². The number of alkyl carbamates (subject to hydrolysis) is 1. The first-order valence-corrected chi connectivity index (χ1v) is 7.60. The minimum atomic E-state index is -0.478. The van der Waals surface area contributed by atoms with Gasteiger partial charge in [0.25, 0.3) is 5.91 Å². The second-order valence-corrected chi connectivity index (χ2v) is 5.00. The maximum Gasteiger partial charge on any atom is 0.407 e. The molecule has 2 N–H and O–H groups in total. The number of nitrogens with one attached hydrogen (secondary N) is 2. The molecule has 1 fully saturated rings. The van der Waals surface area contributed by atoms with Gasteiger partial charge in [0, 0.05) is 32.4 Å². The number of pyridine rings is 1. The highest BCUT2D eigenvalue weighted by molar-refractivity contribution is 5.94. The van der Waals surface area contributed by atoms with Gasteiger partial charge in [-0.2, -0.15) is 0 Å². The van der Waals surface area contributed by atoms with Gasteiger partial charge in [0.15, 0.2) is 0 Å². The summed E-state index contributed by atoms with van der Waals surface area (Å²) in [5.74, 6) is 0.712. The monoisotopic (exact) mass is 306 g/mol. The largest absolute Gasteiger partial charge is 0.450 e. The standard InChI is InChI=1S/C15H22N4O3/c1-2-22-15(21)17-8-7-16-14(20)12-5-6-13(18-11-12)19-9-3-4-10-19/h5-6,11H,2-4,7-10H2,1H3,(H,16,20)(H,17,21). The summed E-state index contributed by atoms with van der Waals surface area (Å²) in [5.41, 5.74) is 0.513. The molecule has 0 saturated carbocycles. The Morgan fingerprint density at radius 1 is 1.23 bits per heavy atom. The van der Waals surface area contributed by atoms with Crippen molar-refractivity contribution in [2.45, 2.75) is 19.8 Å². The molecule has 2 rings (SSSR count). The summed E-state index contributed by atoms with van der Waals surface area (Å²) in [7, 11) is 0. The van der Waals surface area contributed by atoms with E-state index in [0.717, 1.165) is 18.9 Å². The summed E-state index contributed by atoms with van der Waals surface area (Å²) < 4.78 is 4.72. The van der Waals surface area contributed by atoms with Crippen LogP contribution in [-0.2, 0) is 4.74 Å². The molecule has 1 saturated heterocycles. The fraction of sp³-hybridized carbons (Fsp3) is 0.533. The lowest BCUT2D eigenvalue weighted by molar-refractivity contribution is 0.0952. The van der Waals surface area contributed by atoms with Gasteiger partial charge in [0.1, 0.15) is 5.82 Å². The number of anilines is 1. The molecule has 0 spiro atoms. The predicted molar refractivity (Wildman–Crippen MR) is 83.0 cm³/mol. The van der Waals surface area contributed by atoms with Crippen LogP contribution in [0.4, 0.5) is 10.6 Å². The van der Waals surface area contributed by atoms with E-state index in [1.807, 2.05) is 6.07 Å². The molecular formula is C15H22N4O3. The number of rotatable bonds is 6. The molecule has 2 heterocycles. The number of aromatic nitrogens is 1. The Bertz CT molecular complexity index is 498. The molecule has 1 aromatic heterocycles. The molecule has 0 atom stereocenters. The van der Waals surface area contributed by atoms with Crippen molar-refractivity contribution >= 4 is 17.8 Å². The molecule has 0 bridgehead atoms. The third-order valence-corrected chi connectivity index (χ3v) is 3.40. The second kappa shape index (κ2) is 8.21. The summed E-state index contributed by atoms with van der Waals surface area (Å²) in [6.45, 7) is 4.78. The van der Waals surface area contributed by atoms with Gasteiger partial charge in [-0.1, -0.05) is 0 Å². The van der Waals surface area contributed by atoms with Gasteiger partial charge < -0.3 is 20.3 Å². The quantitative estimate of drug-likeness (QED) is 0.771. The van der Waals surface area contributed by atoms with Crippen LogP contribution in [-0.4, -0.2) is 49.8 Å². The molecule has 2 amide bonds. The third-order valence-electron chi connectivity index (χ3n) is 3.40. The average molecular weight is 306 g/mol. The van der Waals surface area contributed by atoms with Crippen LogP contribution >= 0.6 is 0 Å². The SMILES string of the molecule is CCOC(=O)NCCNC(=O)c1ccc(N2CCCC2)nc1. The number of carbonyl (C=O) groups is 2. The fourth-order valence-corrected chi connectivity index (χ4v) is 2.28. The molecule has 1 aliphatic rings. The van der Waals surface area contributed by atoms with Crippen molar-refractivity contribution in [3.8, 4) is 0 Å². The van der Waals surface area contributed by atoms with E-state index >= 15 is 0 Å². The molecule has 7 heteroatoms. The maximum atomic E-state index is 11.9. The van der Waals surface area contributed by atoms with Crippen LogP contribution in [0, 0.1) is 0 Å². The second-order valence-electron chi connectivity index (χ2n) is 5.00. The van der Waals surface area contributed by atoms with Crippen molar-refractivity contribution in [3.63, 3.8) is 0 Å². The van der Waals surface area contributed by atoms with Gasteiger partial charge in [-0.15, -0.1) is 0 Å². The third kappa shape index (κ3) is 4.61.